The number of ether oxygens (including phenoxy) is 1. The molecule has 2 aromatic carbocycles. The number of alkyl halides is 1. The maximum Gasteiger partial charge on any atom is 0.307 e. The molecule has 0 aliphatic carbocycles. The lowest BCUT2D eigenvalue weighted by atomic mass is 10.0. The van der Waals surface area contributed by atoms with Crippen LogP contribution >= 0.6 is 27.5 Å². The van der Waals surface area contributed by atoms with E-state index >= 15 is 0 Å². The van der Waals surface area contributed by atoms with Crippen LogP contribution in [0.1, 0.15) is 28.4 Å². The van der Waals surface area contributed by atoms with E-state index in [4.69, 9.17) is 16.3 Å². The third-order valence-electron chi connectivity index (χ3n) is 5.64. The fourth-order valence-electron chi connectivity index (χ4n) is 3.80. The lowest BCUT2D eigenvalue weighted by Gasteiger charge is -2.20. The van der Waals surface area contributed by atoms with Crippen LogP contribution in [-0.2, 0) is 14.3 Å². The van der Waals surface area contributed by atoms with E-state index in [0.717, 1.165) is 0 Å². The normalized spacial score (nSPS) is 15.7. The molecule has 1 unspecified atom stereocenters. The number of carbonyl (C=O) groups excluding carboxylic acids is 3. The number of anilines is 1. The Morgan fingerprint density at radius 1 is 1.26 bits per heavy atom. The van der Waals surface area contributed by atoms with Crippen LogP contribution in [0, 0.1) is 0 Å². The highest BCUT2D eigenvalue weighted by atomic mass is 79.9. The number of nitrogens with zero attached hydrogens (tertiary/aromatic N) is 2. The summed E-state index contributed by atoms with van der Waals surface area (Å²) in [5.74, 6) is -1.19. The van der Waals surface area contributed by atoms with E-state index in [2.05, 4.69) is 52.4 Å². The number of aromatic amines is 1. The fraction of sp³-hybridized carbons (Fsp3) is 0.292. The highest BCUT2D eigenvalue weighted by Crippen LogP contribution is 2.26. The SMILES string of the molecule is COC(=O)C[C@H](NC(=O)CNC(=O)c1cc(NC2=NCC(F)CN2)c2cn[nH]c2c1)c1cc(Cl)cc(Br)c1. The molecule has 0 saturated heterocycles. The molecule has 200 valence electrons. The summed E-state index contributed by atoms with van der Waals surface area (Å²) in [4.78, 5) is 41.7. The summed E-state index contributed by atoms with van der Waals surface area (Å²) < 4.78 is 18.8. The van der Waals surface area contributed by atoms with Crippen LogP contribution in [0.15, 0.2) is 46.0 Å². The largest absolute Gasteiger partial charge is 0.469 e. The molecule has 3 aromatic rings. The van der Waals surface area contributed by atoms with Gasteiger partial charge in [-0.15, -0.1) is 0 Å². The molecular weight excluding hydrogens is 585 g/mol. The van der Waals surface area contributed by atoms with Gasteiger partial charge in [-0.3, -0.25) is 19.5 Å². The predicted molar refractivity (Wildman–Crippen MR) is 144 cm³/mol. The topological polar surface area (TPSA) is 150 Å². The number of rotatable bonds is 8. The maximum absolute atomic E-state index is 13.4. The molecule has 0 spiro atoms. The predicted octanol–water partition coefficient (Wildman–Crippen LogP) is 2.84. The third-order valence-corrected chi connectivity index (χ3v) is 6.32. The minimum Gasteiger partial charge on any atom is -0.469 e. The summed E-state index contributed by atoms with van der Waals surface area (Å²) in [6.45, 7) is -0.199. The van der Waals surface area contributed by atoms with E-state index in [9.17, 15) is 18.8 Å². The van der Waals surface area contributed by atoms with Crippen molar-refractivity contribution in [2.24, 2.45) is 4.99 Å². The molecule has 4 rings (SSSR count). The number of H-pyrrole nitrogens is 1. The average Bonchev–Trinajstić information content (AvgIpc) is 3.36. The van der Waals surface area contributed by atoms with Crippen LogP contribution in [0.2, 0.25) is 5.02 Å². The van der Waals surface area contributed by atoms with Gasteiger partial charge in [0.25, 0.3) is 5.91 Å². The number of benzene rings is 2. The number of carbonyl (C=O) groups is 3. The van der Waals surface area contributed by atoms with Gasteiger partial charge in [-0.05, 0) is 35.9 Å². The summed E-state index contributed by atoms with van der Waals surface area (Å²) in [7, 11) is 1.25. The Kier molecular flexibility index (Phi) is 8.79. The van der Waals surface area contributed by atoms with Crippen LogP contribution in [0.3, 0.4) is 0 Å². The fourth-order valence-corrected chi connectivity index (χ4v) is 4.69. The minimum absolute atomic E-state index is 0.0300. The molecule has 1 aromatic heterocycles. The van der Waals surface area contributed by atoms with Crippen molar-refractivity contribution in [3.8, 4) is 0 Å². The van der Waals surface area contributed by atoms with Crippen molar-refractivity contribution in [2.45, 2.75) is 18.6 Å². The molecule has 0 saturated carbocycles. The number of esters is 1. The smallest absolute Gasteiger partial charge is 0.307 e. The number of guanidine groups is 1. The Labute approximate surface area is 230 Å². The van der Waals surface area contributed by atoms with Gasteiger partial charge in [0.2, 0.25) is 5.91 Å². The van der Waals surface area contributed by atoms with Gasteiger partial charge in [-0.2, -0.15) is 5.10 Å². The molecule has 0 bridgehead atoms. The lowest BCUT2D eigenvalue weighted by Crippen LogP contribution is -2.41. The molecule has 1 aliphatic heterocycles. The highest BCUT2D eigenvalue weighted by Gasteiger charge is 2.21. The van der Waals surface area contributed by atoms with E-state index in [-0.39, 0.29) is 31.6 Å². The first-order valence-corrected chi connectivity index (χ1v) is 12.7. The minimum atomic E-state index is -1.06. The first kappa shape index (κ1) is 27.3. The van der Waals surface area contributed by atoms with Crippen molar-refractivity contribution in [3.63, 3.8) is 0 Å². The molecule has 11 nitrogen and oxygen atoms in total. The zero-order valence-electron chi connectivity index (χ0n) is 20.1. The Hall–Kier alpha value is -3.71. The Morgan fingerprint density at radius 2 is 2.08 bits per heavy atom. The van der Waals surface area contributed by atoms with Crippen molar-refractivity contribution in [1.29, 1.82) is 0 Å². The van der Waals surface area contributed by atoms with Gasteiger partial charge < -0.3 is 26.0 Å². The number of hydrogen-bond acceptors (Lipinski definition) is 8. The molecule has 2 heterocycles. The Morgan fingerprint density at radius 3 is 2.79 bits per heavy atom. The van der Waals surface area contributed by atoms with Crippen LogP contribution in [0.5, 0.6) is 0 Å². The number of nitrogens with one attached hydrogen (secondary N) is 5. The van der Waals surface area contributed by atoms with Crippen molar-refractivity contribution < 1.29 is 23.5 Å². The first-order valence-electron chi connectivity index (χ1n) is 11.5. The van der Waals surface area contributed by atoms with E-state index in [1.807, 2.05) is 0 Å². The van der Waals surface area contributed by atoms with Crippen LogP contribution in [0.25, 0.3) is 10.9 Å². The quantitative estimate of drug-likeness (QED) is 0.247. The number of aromatic nitrogens is 2. The zero-order valence-corrected chi connectivity index (χ0v) is 22.5. The van der Waals surface area contributed by atoms with E-state index in [0.29, 0.717) is 37.6 Å². The van der Waals surface area contributed by atoms with Gasteiger partial charge >= 0.3 is 5.97 Å². The molecule has 38 heavy (non-hydrogen) atoms. The second-order valence-electron chi connectivity index (χ2n) is 8.43. The number of methoxy groups -OCH3 is 1. The molecule has 5 N–H and O–H groups in total. The molecule has 2 amide bonds. The first-order chi connectivity index (χ1) is 18.2. The van der Waals surface area contributed by atoms with Crippen molar-refractivity contribution >= 4 is 67.9 Å². The molecule has 2 atom stereocenters. The lowest BCUT2D eigenvalue weighted by molar-refractivity contribution is -0.141. The van der Waals surface area contributed by atoms with Crippen LogP contribution in [0.4, 0.5) is 10.1 Å². The second-order valence-corrected chi connectivity index (χ2v) is 9.79. The summed E-state index contributed by atoms with van der Waals surface area (Å²) in [6, 6.07) is 7.49. The maximum atomic E-state index is 13.4. The van der Waals surface area contributed by atoms with E-state index in [1.165, 1.54) is 7.11 Å². The number of fused-ring (bicyclic) bond motifs is 1. The standard InChI is InChI=1S/C24H24BrClFN7O4/c1-38-22(36)7-18(12-2-14(25)6-15(26)3-12)32-21(35)11-28-23(37)13-4-19(17-10-31-34-20(17)5-13)33-24-29-8-16(27)9-30-24/h2-6,10,16,18H,7-9,11H2,1H3,(H,28,37)(H,31,34)(H,32,35)(H2,29,30,33)/t18-/m0/s1. The van der Waals surface area contributed by atoms with Gasteiger partial charge in [0, 0.05) is 20.4 Å². The van der Waals surface area contributed by atoms with Crippen LogP contribution in [-0.4, -0.2) is 66.9 Å². The monoisotopic (exact) mass is 607 g/mol. The van der Waals surface area contributed by atoms with E-state index < -0.39 is 30.0 Å². The molecule has 0 fully saturated rings. The van der Waals surface area contributed by atoms with Gasteiger partial charge in [0.05, 0.1) is 56.6 Å². The second kappa shape index (κ2) is 12.2. The van der Waals surface area contributed by atoms with Gasteiger partial charge in [0.1, 0.15) is 6.17 Å². The van der Waals surface area contributed by atoms with Crippen molar-refractivity contribution in [3.05, 3.63) is 57.2 Å². The molecule has 0 radical (unpaired) electrons. The zero-order chi connectivity index (χ0) is 27.2. The van der Waals surface area contributed by atoms with Gasteiger partial charge in [-0.1, -0.05) is 27.5 Å². The van der Waals surface area contributed by atoms with Crippen LogP contribution < -0.4 is 21.3 Å². The average molecular weight is 609 g/mol. The van der Waals surface area contributed by atoms with Gasteiger partial charge in [-0.25, -0.2) is 9.38 Å². The van der Waals surface area contributed by atoms with Crippen molar-refractivity contribution in [2.75, 3.05) is 32.1 Å². The van der Waals surface area contributed by atoms with Crippen molar-refractivity contribution in [1.82, 2.24) is 26.1 Å². The van der Waals surface area contributed by atoms with Gasteiger partial charge in [0.15, 0.2) is 5.96 Å². The van der Waals surface area contributed by atoms with E-state index in [1.54, 1.807) is 36.5 Å². The summed E-state index contributed by atoms with van der Waals surface area (Å²) in [6.07, 6.45) is 0.393. The number of halogens is 3. The molecule has 14 heteroatoms. The third kappa shape index (κ3) is 6.98. The Bertz CT molecular complexity index is 1380. The highest BCUT2D eigenvalue weighted by molar-refractivity contribution is 9.10. The number of amides is 2. The molecular formula is C24H24BrClFN7O4. The molecule has 1 aliphatic rings. The Balaban J connectivity index is 1.44. The summed E-state index contributed by atoms with van der Waals surface area (Å²) in [5.41, 5.74) is 1.95. The summed E-state index contributed by atoms with van der Waals surface area (Å²) >= 11 is 9.48. The number of aliphatic imine (C=N–C) groups is 1. The summed E-state index contributed by atoms with van der Waals surface area (Å²) in [5, 5.41) is 19.2. The number of hydrogen-bond donors (Lipinski definition) is 5.